The van der Waals surface area contributed by atoms with Crippen LogP contribution in [0.5, 0.6) is 0 Å². The number of ketones is 1. The fraction of sp³-hybridized carbons (Fsp3) is 0.167. The molecule has 1 aliphatic rings. The Kier molecular flexibility index (Phi) is 2.71. The number of carbonyl (C=O) groups is 1. The number of benzene rings is 1. The molecule has 0 aromatic heterocycles. The topological polar surface area (TPSA) is 75.1 Å². The number of Topliss-reactive ketones (excluding diaryl/α,β-unsaturated/α-hetero) is 1. The van der Waals surface area contributed by atoms with Gasteiger partial charge in [0.2, 0.25) is 5.78 Å². The van der Waals surface area contributed by atoms with E-state index in [1.165, 1.54) is 24.3 Å². The number of nitrogens with one attached hydrogen (secondary N) is 1. The van der Waals surface area contributed by atoms with Crippen LogP contribution in [0.15, 0.2) is 29.2 Å². The van der Waals surface area contributed by atoms with E-state index >= 15 is 0 Å². The standard InChI is InChI=1S/C12H11NO3S/c1-2-17(15,16)11-5-3-4-9-8(11)6-7-10(13)12(9)14/h3-7,13H,2H2,1H3. The lowest BCUT2D eigenvalue weighted by atomic mass is 9.95. The summed E-state index contributed by atoms with van der Waals surface area (Å²) in [7, 11) is -3.35. The van der Waals surface area contributed by atoms with Crippen molar-refractivity contribution in [2.24, 2.45) is 0 Å². The molecule has 0 aliphatic heterocycles. The molecule has 88 valence electrons. The second-order valence-corrected chi connectivity index (χ2v) is 5.94. The van der Waals surface area contributed by atoms with Gasteiger partial charge in [0.1, 0.15) is 5.71 Å². The van der Waals surface area contributed by atoms with Crippen molar-refractivity contribution in [1.82, 2.24) is 0 Å². The maximum atomic E-state index is 11.9. The third-order valence-corrected chi connectivity index (χ3v) is 4.47. The quantitative estimate of drug-likeness (QED) is 0.867. The van der Waals surface area contributed by atoms with E-state index in [-0.39, 0.29) is 21.9 Å². The zero-order chi connectivity index (χ0) is 12.6. The second kappa shape index (κ2) is 3.92. The number of sulfone groups is 1. The highest BCUT2D eigenvalue weighted by molar-refractivity contribution is 7.91. The van der Waals surface area contributed by atoms with E-state index in [2.05, 4.69) is 0 Å². The first-order valence-corrected chi connectivity index (χ1v) is 6.79. The Balaban J connectivity index is 2.75. The van der Waals surface area contributed by atoms with Crippen LogP contribution in [0.25, 0.3) is 6.08 Å². The van der Waals surface area contributed by atoms with E-state index in [0.717, 1.165) is 0 Å². The van der Waals surface area contributed by atoms with Crippen LogP contribution in [-0.2, 0) is 9.84 Å². The van der Waals surface area contributed by atoms with Gasteiger partial charge in [0, 0.05) is 11.1 Å². The summed E-state index contributed by atoms with van der Waals surface area (Å²) in [5.41, 5.74) is 0.561. The molecular weight excluding hydrogens is 238 g/mol. The molecule has 0 saturated heterocycles. The average Bonchev–Trinajstić information content (AvgIpc) is 2.33. The summed E-state index contributed by atoms with van der Waals surface area (Å²) in [6.45, 7) is 1.56. The first kappa shape index (κ1) is 11.7. The molecule has 0 unspecified atom stereocenters. The molecule has 0 bridgehead atoms. The van der Waals surface area contributed by atoms with Gasteiger partial charge in [-0.3, -0.25) is 10.2 Å². The Morgan fingerprint density at radius 3 is 2.59 bits per heavy atom. The third-order valence-electron chi connectivity index (χ3n) is 2.69. The molecule has 17 heavy (non-hydrogen) atoms. The van der Waals surface area contributed by atoms with Crippen LogP contribution in [0, 0.1) is 5.41 Å². The summed E-state index contributed by atoms with van der Waals surface area (Å²) in [4.78, 5) is 11.9. The van der Waals surface area contributed by atoms with Gasteiger partial charge in [-0.05, 0) is 12.1 Å². The van der Waals surface area contributed by atoms with Crippen LogP contribution in [0.1, 0.15) is 22.8 Å². The molecule has 0 radical (unpaired) electrons. The van der Waals surface area contributed by atoms with Gasteiger partial charge in [-0.15, -0.1) is 0 Å². The van der Waals surface area contributed by atoms with Crippen LogP contribution in [0.2, 0.25) is 0 Å². The van der Waals surface area contributed by atoms with Gasteiger partial charge in [-0.1, -0.05) is 25.1 Å². The second-order valence-electron chi connectivity index (χ2n) is 3.70. The highest BCUT2D eigenvalue weighted by Crippen LogP contribution is 2.25. The van der Waals surface area contributed by atoms with Crippen LogP contribution >= 0.6 is 0 Å². The molecule has 1 aromatic rings. The largest absolute Gasteiger partial charge is 0.297 e. The van der Waals surface area contributed by atoms with Gasteiger partial charge in [0.25, 0.3) is 0 Å². The Morgan fingerprint density at radius 2 is 1.94 bits per heavy atom. The lowest BCUT2D eigenvalue weighted by Crippen LogP contribution is -2.18. The van der Waals surface area contributed by atoms with E-state index in [9.17, 15) is 13.2 Å². The van der Waals surface area contributed by atoms with Crippen LogP contribution in [-0.4, -0.2) is 25.7 Å². The fourth-order valence-electron chi connectivity index (χ4n) is 1.73. The summed E-state index contributed by atoms with van der Waals surface area (Å²) in [5.74, 6) is -0.446. The maximum absolute atomic E-state index is 11.9. The summed E-state index contributed by atoms with van der Waals surface area (Å²) >= 11 is 0. The molecule has 4 nitrogen and oxygen atoms in total. The van der Waals surface area contributed by atoms with Crippen molar-refractivity contribution in [2.45, 2.75) is 11.8 Å². The zero-order valence-corrected chi connectivity index (χ0v) is 10.0. The minimum Gasteiger partial charge on any atom is -0.297 e. The van der Waals surface area contributed by atoms with Crippen molar-refractivity contribution < 1.29 is 13.2 Å². The minimum atomic E-state index is -3.35. The van der Waals surface area contributed by atoms with E-state index < -0.39 is 15.6 Å². The number of rotatable bonds is 2. The molecule has 0 spiro atoms. The molecule has 2 rings (SSSR count). The summed E-state index contributed by atoms with van der Waals surface area (Å²) in [6.07, 6.45) is 2.85. The number of carbonyl (C=O) groups excluding carboxylic acids is 1. The average molecular weight is 249 g/mol. The van der Waals surface area contributed by atoms with Crippen molar-refractivity contribution >= 4 is 27.4 Å². The molecule has 5 heteroatoms. The molecule has 1 aliphatic carbocycles. The number of allylic oxidation sites excluding steroid dienone is 1. The first-order chi connectivity index (χ1) is 7.97. The van der Waals surface area contributed by atoms with Gasteiger partial charge in [0.15, 0.2) is 9.84 Å². The Hall–Kier alpha value is -1.75. The summed E-state index contributed by atoms with van der Waals surface area (Å²) in [5, 5.41) is 7.41. The van der Waals surface area contributed by atoms with Crippen LogP contribution in [0.4, 0.5) is 0 Å². The van der Waals surface area contributed by atoms with Gasteiger partial charge in [-0.2, -0.15) is 0 Å². The van der Waals surface area contributed by atoms with Crippen molar-refractivity contribution in [2.75, 3.05) is 5.75 Å². The monoisotopic (exact) mass is 249 g/mol. The van der Waals surface area contributed by atoms with E-state index in [1.807, 2.05) is 0 Å². The smallest absolute Gasteiger partial charge is 0.211 e. The number of hydrogen-bond acceptors (Lipinski definition) is 4. The predicted molar refractivity (Wildman–Crippen MR) is 65.3 cm³/mol. The van der Waals surface area contributed by atoms with Crippen molar-refractivity contribution in [3.05, 3.63) is 35.4 Å². The van der Waals surface area contributed by atoms with Crippen molar-refractivity contribution in [3.8, 4) is 0 Å². The third kappa shape index (κ3) is 1.82. The zero-order valence-electron chi connectivity index (χ0n) is 9.23. The number of fused-ring (bicyclic) bond motifs is 1. The lowest BCUT2D eigenvalue weighted by molar-refractivity contribution is 0.106. The Labute approximate surface area is 99.4 Å². The van der Waals surface area contributed by atoms with Crippen molar-refractivity contribution in [3.63, 3.8) is 0 Å². The molecule has 0 amide bonds. The predicted octanol–water partition coefficient (Wildman–Crippen LogP) is 1.71. The Bertz CT molecular complexity index is 642. The highest BCUT2D eigenvalue weighted by atomic mass is 32.2. The fourth-order valence-corrected chi connectivity index (χ4v) is 2.84. The van der Waals surface area contributed by atoms with Gasteiger partial charge in [0.05, 0.1) is 10.6 Å². The van der Waals surface area contributed by atoms with E-state index in [0.29, 0.717) is 5.56 Å². The first-order valence-electron chi connectivity index (χ1n) is 5.14. The molecule has 0 atom stereocenters. The lowest BCUT2D eigenvalue weighted by Gasteiger charge is -2.13. The van der Waals surface area contributed by atoms with Crippen LogP contribution in [0.3, 0.4) is 0 Å². The molecular formula is C12H11NO3S. The summed E-state index contributed by atoms with van der Waals surface area (Å²) < 4.78 is 23.7. The van der Waals surface area contributed by atoms with Crippen LogP contribution < -0.4 is 0 Å². The van der Waals surface area contributed by atoms with E-state index in [4.69, 9.17) is 5.41 Å². The maximum Gasteiger partial charge on any atom is 0.211 e. The van der Waals surface area contributed by atoms with Gasteiger partial charge < -0.3 is 0 Å². The normalized spacial score (nSPS) is 14.9. The molecule has 1 N–H and O–H groups in total. The summed E-state index contributed by atoms with van der Waals surface area (Å²) in [6, 6.07) is 4.57. The van der Waals surface area contributed by atoms with E-state index in [1.54, 1.807) is 13.0 Å². The highest BCUT2D eigenvalue weighted by Gasteiger charge is 2.24. The number of hydrogen-bond donors (Lipinski definition) is 1. The van der Waals surface area contributed by atoms with Gasteiger partial charge in [-0.25, -0.2) is 8.42 Å². The molecule has 1 aromatic carbocycles. The minimum absolute atomic E-state index is 0.0110. The molecule has 0 heterocycles. The SMILES string of the molecule is CCS(=O)(=O)c1cccc2c1C=CC(=N)C2=O. The molecule has 0 fully saturated rings. The Morgan fingerprint density at radius 1 is 1.24 bits per heavy atom. The molecule has 0 saturated carbocycles. The van der Waals surface area contributed by atoms with Crippen molar-refractivity contribution in [1.29, 1.82) is 5.41 Å². The van der Waals surface area contributed by atoms with Gasteiger partial charge >= 0.3 is 0 Å².